The van der Waals surface area contributed by atoms with E-state index in [1.807, 2.05) is 11.8 Å². The van der Waals surface area contributed by atoms with E-state index in [0.717, 1.165) is 23.5 Å². The Hall–Kier alpha value is -0.440. The molecule has 1 aliphatic rings. The first-order valence-electron chi connectivity index (χ1n) is 4.63. The summed E-state index contributed by atoms with van der Waals surface area (Å²) in [5.74, 6) is 2.07. The predicted octanol–water partition coefficient (Wildman–Crippen LogP) is 2.41. The lowest BCUT2D eigenvalue weighted by Crippen LogP contribution is -2.24. The first-order chi connectivity index (χ1) is 6.15. The zero-order valence-electron chi connectivity index (χ0n) is 7.95. The van der Waals surface area contributed by atoms with Gasteiger partial charge in [0.1, 0.15) is 0 Å². The molecule has 0 spiro atoms. The van der Waals surface area contributed by atoms with E-state index in [0.29, 0.717) is 5.92 Å². The standard InChI is InChI=1S/C10H16O2S/c1-3-8-5-13-6-9(7(8)2)4-10(11)12/h8-9H,2-6H2,1H3,(H,11,12)/t8?,9-/m1/s1. The van der Waals surface area contributed by atoms with E-state index in [-0.39, 0.29) is 12.3 Å². The molecule has 13 heavy (non-hydrogen) atoms. The van der Waals surface area contributed by atoms with Gasteiger partial charge in [-0.2, -0.15) is 11.8 Å². The zero-order valence-corrected chi connectivity index (χ0v) is 8.77. The second-order valence-electron chi connectivity index (χ2n) is 3.51. The van der Waals surface area contributed by atoms with Gasteiger partial charge < -0.3 is 5.11 Å². The molecule has 1 fully saturated rings. The Labute approximate surface area is 83.4 Å². The zero-order chi connectivity index (χ0) is 9.84. The SMILES string of the molecule is C=C1C(CC)CSC[C@H]1CC(=O)O. The Morgan fingerprint density at radius 3 is 2.77 bits per heavy atom. The van der Waals surface area contributed by atoms with Crippen LogP contribution in [-0.4, -0.2) is 22.6 Å². The summed E-state index contributed by atoms with van der Waals surface area (Å²) in [7, 11) is 0. The highest BCUT2D eigenvalue weighted by Gasteiger charge is 2.26. The van der Waals surface area contributed by atoms with Gasteiger partial charge in [0.05, 0.1) is 6.42 Å². The number of aliphatic carboxylic acids is 1. The number of hydrogen-bond acceptors (Lipinski definition) is 2. The fourth-order valence-electron chi connectivity index (χ4n) is 1.68. The first-order valence-corrected chi connectivity index (χ1v) is 5.78. The van der Waals surface area contributed by atoms with Crippen molar-refractivity contribution in [2.45, 2.75) is 19.8 Å². The summed E-state index contributed by atoms with van der Waals surface area (Å²) in [5.41, 5.74) is 1.16. The van der Waals surface area contributed by atoms with Gasteiger partial charge in [-0.15, -0.1) is 0 Å². The van der Waals surface area contributed by atoms with Gasteiger partial charge in [0, 0.05) is 5.75 Å². The molecule has 0 aromatic carbocycles. The number of rotatable bonds is 3. The van der Waals surface area contributed by atoms with Crippen LogP contribution >= 0.6 is 11.8 Å². The van der Waals surface area contributed by atoms with Crippen LogP contribution in [0.25, 0.3) is 0 Å². The summed E-state index contributed by atoms with van der Waals surface area (Å²) in [6, 6.07) is 0. The van der Waals surface area contributed by atoms with Gasteiger partial charge in [0.25, 0.3) is 0 Å². The second kappa shape index (κ2) is 4.70. The third kappa shape index (κ3) is 2.76. The molecule has 2 nitrogen and oxygen atoms in total. The fourth-order valence-corrected chi connectivity index (χ4v) is 3.17. The molecule has 1 N–H and O–H groups in total. The average Bonchev–Trinajstić information content (AvgIpc) is 2.08. The second-order valence-corrected chi connectivity index (χ2v) is 4.59. The Morgan fingerprint density at radius 2 is 2.23 bits per heavy atom. The topological polar surface area (TPSA) is 37.3 Å². The molecule has 1 unspecified atom stereocenters. The number of thioether (sulfide) groups is 1. The van der Waals surface area contributed by atoms with Crippen molar-refractivity contribution in [2.75, 3.05) is 11.5 Å². The molecule has 1 aliphatic heterocycles. The lowest BCUT2D eigenvalue weighted by molar-refractivity contribution is -0.137. The van der Waals surface area contributed by atoms with Crippen LogP contribution in [0.5, 0.6) is 0 Å². The number of hydrogen-bond donors (Lipinski definition) is 1. The minimum Gasteiger partial charge on any atom is -0.481 e. The molecule has 74 valence electrons. The lowest BCUT2D eigenvalue weighted by Gasteiger charge is -2.30. The third-order valence-electron chi connectivity index (χ3n) is 2.60. The van der Waals surface area contributed by atoms with E-state index in [4.69, 9.17) is 5.11 Å². The Balaban J connectivity index is 2.54. The van der Waals surface area contributed by atoms with Gasteiger partial charge in [0.15, 0.2) is 0 Å². The van der Waals surface area contributed by atoms with E-state index in [1.54, 1.807) is 0 Å². The molecule has 0 aromatic rings. The van der Waals surface area contributed by atoms with Crippen molar-refractivity contribution in [3.05, 3.63) is 12.2 Å². The van der Waals surface area contributed by atoms with Crippen molar-refractivity contribution in [2.24, 2.45) is 11.8 Å². The summed E-state index contributed by atoms with van der Waals surface area (Å²) < 4.78 is 0. The number of carbonyl (C=O) groups is 1. The Bertz CT molecular complexity index is 213. The largest absolute Gasteiger partial charge is 0.481 e. The highest BCUT2D eigenvalue weighted by atomic mass is 32.2. The molecule has 3 heteroatoms. The first kappa shape index (κ1) is 10.6. The smallest absolute Gasteiger partial charge is 0.303 e. The van der Waals surface area contributed by atoms with Gasteiger partial charge in [-0.25, -0.2) is 0 Å². The van der Waals surface area contributed by atoms with Gasteiger partial charge in [-0.1, -0.05) is 19.1 Å². The van der Waals surface area contributed by atoms with E-state index >= 15 is 0 Å². The average molecular weight is 200 g/mol. The van der Waals surface area contributed by atoms with E-state index in [9.17, 15) is 4.79 Å². The Kier molecular flexibility index (Phi) is 3.85. The molecule has 0 amide bonds. The normalized spacial score (nSPS) is 28.8. The maximum Gasteiger partial charge on any atom is 0.303 e. The number of allylic oxidation sites excluding steroid dienone is 1. The van der Waals surface area contributed by atoms with Gasteiger partial charge in [0.2, 0.25) is 0 Å². The summed E-state index contributed by atoms with van der Waals surface area (Å²) in [6.45, 7) is 6.16. The quantitative estimate of drug-likeness (QED) is 0.711. The summed E-state index contributed by atoms with van der Waals surface area (Å²) in [4.78, 5) is 10.6. The van der Waals surface area contributed by atoms with Crippen molar-refractivity contribution in [1.82, 2.24) is 0 Å². The van der Waals surface area contributed by atoms with Crippen molar-refractivity contribution in [3.8, 4) is 0 Å². The number of carboxylic acids is 1. The maximum atomic E-state index is 10.6. The predicted molar refractivity (Wildman–Crippen MR) is 56.0 cm³/mol. The molecular formula is C10H16O2S. The minimum atomic E-state index is -0.705. The van der Waals surface area contributed by atoms with Crippen LogP contribution in [0.15, 0.2) is 12.2 Å². The Morgan fingerprint density at radius 1 is 1.62 bits per heavy atom. The van der Waals surface area contributed by atoms with Gasteiger partial charge in [-0.05, 0) is 24.0 Å². The fraction of sp³-hybridized carbons (Fsp3) is 0.700. The highest BCUT2D eigenvalue weighted by molar-refractivity contribution is 7.99. The van der Waals surface area contributed by atoms with E-state index in [2.05, 4.69) is 13.5 Å². The molecule has 1 rings (SSSR count). The van der Waals surface area contributed by atoms with Crippen molar-refractivity contribution >= 4 is 17.7 Å². The molecule has 0 radical (unpaired) electrons. The van der Waals surface area contributed by atoms with Crippen molar-refractivity contribution in [1.29, 1.82) is 0 Å². The van der Waals surface area contributed by atoms with Gasteiger partial charge in [-0.3, -0.25) is 4.79 Å². The van der Waals surface area contributed by atoms with Gasteiger partial charge >= 0.3 is 5.97 Å². The third-order valence-corrected chi connectivity index (χ3v) is 3.88. The minimum absolute atomic E-state index is 0.196. The monoisotopic (exact) mass is 200 g/mol. The number of carboxylic acid groups (broad SMARTS) is 1. The molecule has 0 aliphatic carbocycles. The molecule has 1 heterocycles. The van der Waals surface area contributed by atoms with Crippen LogP contribution < -0.4 is 0 Å². The van der Waals surface area contributed by atoms with E-state index < -0.39 is 5.97 Å². The molecule has 0 aromatic heterocycles. The van der Waals surface area contributed by atoms with Crippen LogP contribution in [0.4, 0.5) is 0 Å². The summed E-state index contributed by atoms with van der Waals surface area (Å²) >= 11 is 1.86. The summed E-state index contributed by atoms with van der Waals surface area (Å²) in [6.07, 6.45) is 1.34. The van der Waals surface area contributed by atoms with Crippen LogP contribution in [0.3, 0.4) is 0 Å². The highest BCUT2D eigenvalue weighted by Crippen LogP contribution is 2.35. The van der Waals surface area contributed by atoms with E-state index in [1.165, 1.54) is 0 Å². The molecule has 0 saturated carbocycles. The molecule has 0 bridgehead atoms. The van der Waals surface area contributed by atoms with Crippen LogP contribution in [-0.2, 0) is 4.79 Å². The molecule has 1 saturated heterocycles. The van der Waals surface area contributed by atoms with Crippen molar-refractivity contribution < 1.29 is 9.90 Å². The van der Waals surface area contributed by atoms with Crippen LogP contribution in [0, 0.1) is 11.8 Å². The maximum absolute atomic E-state index is 10.6. The lowest BCUT2D eigenvalue weighted by atomic mass is 9.87. The van der Waals surface area contributed by atoms with Crippen LogP contribution in [0.1, 0.15) is 19.8 Å². The van der Waals surface area contributed by atoms with Crippen LogP contribution in [0.2, 0.25) is 0 Å². The van der Waals surface area contributed by atoms with Crippen molar-refractivity contribution in [3.63, 3.8) is 0 Å². The molecule has 2 atom stereocenters. The molecular weight excluding hydrogens is 184 g/mol. The summed E-state index contributed by atoms with van der Waals surface area (Å²) in [5, 5.41) is 8.69.